The highest BCUT2D eigenvalue weighted by molar-refractivity contribution is 6.07. The molecule has 0 saturated carbocycles. The number of fused-ring (bicyclic) bond motifs is 16. The zero-order valence-corrected chi connectivity index (χ0v) is 37.2. The average Bonchev–Trinajstić information content (AvgIpc) is 3.61. The van der Waals surface area contributed by atoms with Crippen LogP contribution in [0.15, 0.2) is 30.5 Å². The van der Waals surface area contributed by atoms with Crippen LogP contribution in [-0.4, -0.2) is 192 Å². The van der Waals surface area contributed by atoms with Crippen LogP contribution < -0.4 is 47.3 Å². The van der Waals surface area contributed by atoms with Gasteiger partial charge in [0.05, 0.1) is 42.4 Å². The quantitative estimate of drug-likeness (QED) is 0.116. The Bertz CT molecular complexity index is 1880. The van der Waals surface area contributed by atoms with Gasteiger partial charge in [0.2, 0.25) is 17.7 Å². The predicted molar refractivity (Wildman–Crippen MR) is 238 cm³/mol. The van der Waals surface area contributed by atoms with Gasteiger partial charge in [-0.05, 0) is 37.1 Å². The van der Waals surface area contributed by atoms with Gasteiger partial charge in [-0.2, -0.15) is 5.26 Å². The maximum Gasteiger partial charge on any atom is 0.268 e. The topological polar surface area (TPSA) is 220 Å². The number of amides is 4. The summed E-state index contributed by atoms with van der Waals surface area (Å²) in [6, 6.07) is 7.21. The van der Waals surface area contributed by atoms with Gasteiger partial charge < -0.3 is 57.1 Å². The van der Waals surface area contributed by atoms with Crippen LogP contribution in [0.3, 0.4) is 0 Å². The predicted octanol–water partition coefficient (Wildman–Crippen LogP) is -0.766. The molecule has 352 valence electrons. The van der Waals surface area contributed by atoms with Crippen LogP contribution in [0, 0.1) is 16.7 Å². The van der Waals surface area contributed by atoms with Crippen molar-refractivity contribution in [1.29, 1.82) is 5.26 Å². The first-order valence-corrected chi connectivity index (χ1v) is 22.8. The fourth-order valence-corrected chi connectivity index (χ4v) is 8.77. The molecule has 2 bridgehead atoms. The smallest absolute Gasteiger partial charge is 0.268 e. The Kier molecular flexibility index (Phi) is 18.0. The Hall–Kier alpha value is -4.62. The molecule has 5 aliphatic rings. The van der Waals surface area contributed by atoms with Gasteiger partial charge in [-0.15, -0.1) is 0 Å². The Labute approximate surface area is 374 Å². The molecule has 1 aromatic carbocycles. The van der Waals surface area contributed by atoms with E-state index in [4.69, 9.17) is 4.74 Å². The van der Waals surface area contributed by atoms with Gasteiger partial charge in [-0.1, -0.05) is 6.92 Å². The van der Waals surface area contributed by atoms with E-state index in [0.717, 1.165) is 89.9 Å². The van der Waals surface area contributed by atoms with Crippen LogP contribution in [0.4, 0.5) is 8.78 Å². The van der Waals surface area contributed by atoms with E-state index in [1.54, 1.807) is 24.3 Å². The van der Waals surface area contributed by atoms with Crippen LogP contribution in [0.5, 0.6) is 5.75 Å². The molecule has 5 aliphatic heterocycles. The highest BCUT2D eigenvalue weighted by Crippen LogP contribution is 2.31. The molecule has 0 aliphatic carbocycles. The lowest BCUT2D eigenvalue weighted by molar-refractivity contribution is -0.133. The molecule has 7 rings (SSSR count). The van der Waals surface area contributed by atoms with Gasteiger partial charge in [0.1, 0.15) is 11.8 Å². The second-order valence-electron chi connectivity index (χ2n) is 17.9. The highest BCUT2D eigenvalue weighted by Gasteiger charge is 2.47. The van der Waals surface area contributed by atoms with Crippen molar-refractivity contribution in [3.63, 3.8) is 0 Å². The number of ether oxygens (including phenoxy) is 1. The summed E-state index contributed by atoms with van der Waals surface area (Å²) in [5.74, 6) is -3.94. The lowest BCUT2D eigenvalue weighted by Crippen LogP contribution is -2.66. The SMILES string of the molecule is CC12CNCCNCC(NC(=O)CCCC(=O)N3CCN(CCCOc4ccc5nccc(C(=O)NCC(=O)N6CC(F)(F)C[C@H]6C#N)c5c4)CC3)(CNCCNC1)CNCCNC2. The standard InChI is InChI=1S/C44H67F2N13O5/c1-42-26-48-10-13-51-29-43(30-52-14-11-49-27-42,31-53-15-12-50-28-42)56-38(60)4-2-5-39(61)58-19-17-57(18-20-58)16-3-21-64-34-6-7-37-36(22-34)35(8-9-54-37)41(63)55-25-40(62)59-32-44(45,46)23-33(59)24-47/h6-9,22,33,48-53H,2-5,10-21,23,25-32H2,1H3,(H,55,63)(H,56,60)/t33-,42?,43?/m0/s1. The third-order valence-electron chi connectivity index (χ3n) is 12.4. The number of carbonyl (C=O) groups excluding carboxylic acids is 4. The van der Waals surface area contributed by atoms with Crippen molar-refractivity contribution >= 4 is 34.5 Å². The minimum absolute atomic E-state index is 0.0558. The number of likely N-dealkylation sites (tertiary alicyclic amines) is 1. The number of alkyl halides is 2. The molecular formula is C44H67F2N13O5. The summed E-state index contributed by atoms with van der Waals surface area (Å²) < 4.78 is 33.7. The summed E-state index contributed by atoms with van der Waals surface area (Å²) in [6.07, 6.45) is 2.54. The van der Waals surface area contributed by atoms with Crippen molar-refractivity contribution in [2.45, 2.75) is 56.5 Å². The second kappa shape index (κ2) is 23.5. The van der Waals surface area contributed by atoms with E-state index in [1.807, 2.05) is 4.90 Å². The fourth-order valence-electron chi connectivity index (χ4n) is 8.77. The fraction of sp³-hybridized carbons (Fsp3) is 0.682. The van der Waals surface area contributed by atoms with E-state index in [0.29, 0.717) is 68.8 Å². The molecule has 5 saturated heterocycles. The summed E-state index contributed by atoms with van der Waals surface area (Å²) in [7, 11) is 0. The molecule has 0 radical (unpaired) electrons. The van der Waals surface area contributed by atoms with Crippen molar-refractivity contribution in [1.82, 2.24) is 62.2 Å². The Morgan fingerprint density at radius 2 is 1.47 bits per heavy atom. The van der Waals surface area contributed by atoms with Crippen molar-refractivity contribution in [2.24, 2.45) is 5.41 Å². The minimum atomic E-state index is -3.15. The number of rotatable bonds is 13. The molecule has 6 heterocycles. The molecule has 18 nitrogen and oxygen atoms in total. The van der Waals surface area contributed by atoms with Crippen molar-refractivity contribution in [3.8, 4) is 11.8 Å². The lowest BCUT2D eigenvalue weighted by Gasteiger charge is -2.37. The third-order valence-corrected chi connectivity index (χ3v) is 12.4. The third kappa shape index (κ3) is 14.4. The molecule has 20 heteroatoms. The van der Waals surface area contributed by atoms with Gasteiger partial charge in [0, 0.05) is 148 Å². The molecule has 8 N–H and O–H groups in total. The first kappa shape index (κ1) is 48.8. The Morgan fingerprint density at radius 3 is 2.09 bits per heavy atom. The van der Waals surface area contributed by atoms with Gasteiger partial charge in [-0.3, -0.25) is 29.1 Å². The maximum absolute atomic E-state index is 13.8. The zero-order chi connectivity index (χ0) is 45.4. The number of pyridine rings is 1. The average molecular weight is 896 g/mol. The first-order chi connectivity index (χ1) is 30.9. The molecule has 0 spiro atoms. The van der Waals surface area contributed by atoms with Crippen LogP contribution >= 0.6 is 0 Å². The Balaban J connectivity index is 0.893. The van der Waals surface area contributed by atoms with E-state index in [1.165, 1.54) is 12.3 Å². The lowest BCUT2D eigenvalue weighted by atomic mass is 9.90. The number of benzene rings is 1. The Morgan fingerprint density at radius 1 is 0.844 bits per heavy atom. The van der Waals surface area contributed by atoms with Crippen LogP contribution in [-0.2, 0) is 14.4 Å². The van der Waals surface area contributed by atoms with Crippen LogP contribution in [0.2, 0.25) is 0 Å². The number of halogens is 2. The van der Waals surface area contributed by atoms with Crippen molar-refractivity contribution in [2.75, 3.05) is 131 Å². The summed E-state index contributed by atoms with van der Waals surface area (Å²) >= 11 is 0. The van der Waals surface area contributed by atoms with Gasteiger partial charge in [0.15, 0.2) is 0 Å². The summed E-state index contributed by atoms with van der Waals surface area (Å²) in [5, 5.41) is 37.1. The highest BCUT2D eigenvalue weighted by atomic mass is 19.3. The number of nitriles is 1. The van der Waals surface area contributed by atoms with E-state index in [9.17, 15) is 33.2 Å². The monoisotopic (exact) mass is 896 g/mol. The largest absolute Gasteiger partial charge is 0.494 e. The van der Waals surface area contributed by atoms with Crippen molar-refractivity contribution < 1.29 is 32.7 Å². The molecule has 2 aromatic rings. The molecule has 5 fully saturated rings. The van der Waals surface area contributed by atoms with Gasteiger partial charge in [-0.25, -0.2) is 8.78 Å². The van der Waals surface area contributed by atoms with Crippen LogP contribution in [0.1, 0.15) is 49.4 Å². The second-order valence-corrected chi connectivity index (χ2v) is 17.9. The number of nitrogens with zero attached hydrogens (tertiary/aromatic N) is 5. The zero-order valence-electron chi connectivity index (χ0n) is 37.2. The van der Waals surface area contributed by atoms with Gasteiger partial charge >= 0.3 is 0 Å². The number of piperazine rings is 1. The number of hydrogen-bond donors (Lipinski definition) is 8. The number of hydrogen-bond acceptors (Lipinski definition) is 14. The van der Waals surface area contributed by atoms with E-state index in [2.05, 4.69) is 59.3 Å². The molecule has 0 unspecified atom stereocenters. The minimum Gasteiger partial charge on any atom is -0.494 e. The molecule has 1 atom stereocenters. The summed E-state index contributed by atoms with van der Waals surface area (Å²) in [5.41, 5.74) is 0.353. The summed E-state index contributed by atoms with van der Waals surface area (Å²) in [6.45, 7) is 14.2. The molecular weight excluding hydrogens is 829 g/mol. The molecule has 1 aromatic heterocycles. The summed E-state index contributed by atoms with van der Waals surface area (Å²) in [4.78, 5) is 61.7. The molecule has 64 heavy (non-hydrogen) atoms. The normalized spacial score (nSPS) is 25.2. The number of aromatic nitrogens is 1. The van der Waals surface area contributed by atoms with E-state index in [-0.39, 0.29) is 29.2 Å². The first-order valence-electron chi connectivity index (χ1n) is 22.8. The van der Waals surface area contributed by atoms with Crippen molar-refractivity contribution in [3.05, 3.63) is 36.0 Å². The maximum atomic E-state index is 13.8. The number of nitrogens with one attached hydrogen (secondary N) is 8. The van der Waals surface area contributed by atoms with Crippen LogP contribution in [0.25, 0.3) is 10.9 Å². The number of carbonyl (C=O) groups is 4. The van der Waals surface area contributed by atoms with E-state index >= 15 is 0 Å². The molecule has 4 amide bonds. The van der Waals surface area contributed by atoms with E-state index < -0.39 is 48.8 Å². The van der Waals surface area contributed by atoms with Gasteiger partial charge in [0.25, 0.3) is 11.8 Å².